The lowest BCUT2D eigenvalue weighted by Crippen LogP contribution is -2.15. The van der Waals surface area contributed by atoms with E-state index in [9.17, 15) is 0 Å². The molecule has 0 radical (unpaired) electrons. The fourth-order valence-electron chi connectivity index (χ4n) is 8.74. The van der Waals surface area contributed by atoms with Crippen LogP contribution in [0.1, 0.15) is 25.0 Å². The third-order valence-electron chi connectivity index (χ3n) is 11.1. The summed E-state index contributed by atoms with van der Waals surface area (Å²) < 4.78 is 2.47. The van der Waals surface area contributed by atoms with Crippen LogP contribution in [0.4, 0.5) is 34.1 Å². The summed E-state index contributed by atoms with van der Waals surface area (Å²) in [5, 5.41) is 2.58. The monoisotopic (exact) mass is 693 g/mol. The molecule has 0 amide bonds. The van der Waals surface area contributed by atoms with Crippen LogP contribution in [0.25, 0.3) is 38.6 Å². The highest BCUT2D eigenvalue weighted by molar-refractivity contribution is 6.15. The van der Waals surface area contributed by atoms with Crippen molar-refractivity contribution in [2.45, 2.75) is 19.3 Å². The third kappa shape index (κ3) is 5.04. The Bertz CT molecular complexity index is 2690. The summed E-state index contributed by atoms with van der Waals surface area (Å²) in [5.74, 6) is 0. The number of hydrogen-bond acceptors (Lipinski definition) is 2. The van der Waals surface area contributed by atoms with Gasteiger partial charge in [-0.05, 0) is 113 Å². The van der Waals surface area contributed by atoms with E-state index in [1.165, 1.54) is 44.1 Å². The zero-order valence-corrected chi connectivity index (χ0v) is 30.4. The Morgan fingerprint density at radius 2 is 0.852 bits per heavy atom. The van der Waals surface area contributed by atoms with Crippen molar-refractivity contribution in [1.29, 1.82) is 0 Å². The summed E-state index contributed by atoms with van der Waals surface area (Å²) in [7, 11) is 0. The van der Waals surface area contributed by atoms with Crippen LogP contribution < -0.4 is 9.80 Å². The van der Waals surface area contributed by atoms with Gasteiger partial charge in [0, 0.05) is 56.0 Å². The molecule has 0 saturated carbocycles. The van der Waals surface area contributed by atoms with Crippen LogP contribution in [0, 0.1) is 0 Å². The Morgan fingerprint density at radius 3 is 1.41 bits per heavy atom. The number of benzene rings is 8. The minimum absolute atomic E-state index is 0.154. The fourth-order valence-corrected chi connectivity index (χ4v) is 8.74. The first-order chi connectivity index (χ1) is 26.6. The van der Waals surface area contributed by atoms with Gasteiger partial charge in [0.05, 0.1) is 11.0 Å². The van der Waals surface area contributed by atoms with Crippen molar-refractivity contribution in [1.82, 2.24) is 4.57 Å². The summed E-state index contributed by atoms with van der Waals surface area (Å²) in [6, 6.07) is 72.2. The van der Waals surface area contributed by atoms with Gasteiger partial charge in [-0.2, -0.15) is 0 Å². The number of para-hydroxylation sites is 4. The summed E-state index contributed by atoms with van der Waals surface area (Å²) in [6.45, 7) is 4.77. The van der Waals surface area contributed by atoms with E-state index in [1.54, 1.807) is 0 Å². The molecular formula is C51H39N3. The van der Waals surface area contributed by atoms with Crippen molar-refractivity contribution in [3.63, 3.8) is 0 Å². The smallest absolute Gasteiger partial charge is 0.0562 e. The molecule has 1 aliphatic carbocycles. The summed E-state index contributed by atoms with van der Waals surface area (Å²) >= 11 is 0. The Morgan fingerprint density at radius 1 is 0.389 bits per heavy atom. The topological polar surface area (TPSA) is 11.4 Å². The second kappa shape index (κ2) is 12.7. The normalized spacial score (nSPS) is 12.8. The average molecular weight is 694 g/mol. The Labute approximate surface area is 316 Å². The van der Waals surface area contributed by atoms with Crippen molar-refractivity contribution in [3.8, 4) is 16.8 Å². The molecule has 0 unspecified atom stereocenters. The first kappa shape index (κ1) is 31.9. The predicted octanol–water partition coefficient (Wildman–Crippen LogP) is 14.0. The quantitative estimate of drug-likeness (QED) is 0.165. The first-order valence-electron chi connectivity index (χ1n) is 18.7. The molecule has 0 saturated heterocycles. The Hall–Kier alpha value is -6.84. The van der Waals surface area contributed by atoms with Crippen LogP contribution >= 0.6 is 0 Å². The molecule has 8 aromatic carbocycles. The molecule has 0 bridgehead atoms. The highest BCUT2D eigenvalue weighted by Crippen LogP contribution is 2.53. The molecule has 10 rings (SSSR count). The molecule has 9 aromatic rings. The van der Waals surface area contributed by atoms with E-state index in [2.05, 4.69) is 228 Å². The highest BCUT2D eigenvalue weighted by atomic mass is 15.1. The predicted molar refractivity (Wildman–Crippen MR) is 228 cm³/mol. The zero-order valence-electron chi connectivity index (χ0n) is 30.4. The van der Waals surface area contributed by atoms with E-state index in [4.69, 9.17) is 0 Å². The third-order valence-corrected chi connectivity index (χ3v) is 11.1. The van der Waals surface area contributed by atoms with Crippen LogP contribution in [0.15, 0.2) is 200 Å². The maximum absolute atomic E-state index is 2.47. The van der Waals surface area contributed by atoms with Gasteiger partial charge in [0.1, 0.15) is 0 Å². The van der Waals surface area contributed by atoms with Gasteiger partial charge in [0.25, 0.3) is 0 Å². The van der Waals surface area contributed by atoms with Gasteiger partial charge in [-0.3, -0.25) is 0 Å². The summed E-state index contributed by atoms with van der Waals surface area (Å²) in [4.78, 5) is 4.67. The van der Waals surface area contributed by atoms with Crippen LogP contribution in [-0.4, -0.2) is 4.57 Å². The maximum atomic E-state index is 2.47. The van der Waals surface area contributed by atoms with Gasteiger partial charge in [0.15, 0.2) is 0 Å². The zero-order chi connectivity index (χ0) is 36.2. The lowest BCUT2D eigenvalue weighted by Gasteiger charge is -2.26. The molecule has 3 nitrogen and oxygen atoms in total. The average Bonchev–Trinajstić information content (AvgIpc) is 3.68. The molecule has 0 atom stereocenters. The number of hydrogen-bond donors (Lipinski definition) is 0. The van der Waals surface area contributed by atoms with E-state index >= 15 is 0 Å². The molecule has 1 aromatic heterocycles. The van der Waals surface area contributed by atoms with E-state index in [-0.39, 0.29) is 5.41 Å². The van der Waals surface area contributed by atoms with Gasteiger partial charge >= 0.3 is 0 Å². The van der Waals surface area contributed by atoms with Crippen LogP contribution in [0.2, 0.25) is 0 Å². The second-order valence-corrected chi connectivity index (χ2v) is 14.6. The second-order valence-electron chi connectivity index (χ2n) is 14.6. The van der Waals surface area contributed by atoms with Crippen LogP contribution in [0.3, 0.4) is 0 Å². The molecule has 1 heterocycles. The van der Waals surface area contributed by atoms with E-state index in [0.717, 1.165) is 39.8 Å². The van der Waals surface area contributed by atoms with Gasteiger partial charge in [-0.1, -0.05) is 123 Å². The highest BCUT2D eigenvalue weighted by Gasteiger charge is 2.38. The van der Waals surface area contributed by atoms with E-state index in [0.29, 0.717) is 0 Å². The maximum Gasteiger partial charge on any atom is 0.0562 e. The number of nitrogens with zero attached hydrogens (tertiary/aromatic N) is 3. The molecular weight excluding hydrogens is 655 g/mol. The Kier molecular flexibility index (Phi) is 7.48. The SMILES string of the molecule is CC1(C)c2ccccc2-c2ccc3c(c21)c1ccc(N(c2ccccc2)c2ccccc2)cc1n3-c1ccc(N(c2ccccc2)c2ccccc2)cc1. The molecule has 0 aliphatic heterocycles. The van der Waals surface area contributed by atoms with Crippen molar-refractivity contribution in [2.24, 2.45) is 0 Å². The lowest BCUT2D eigenvalue weighted by atomic mass is 9.80. The number of rotatable bonds is 7. The van der Waals surface area contributed by atoms with Crippen molar-refractivity contribution >= 4 is 55.9 Å². The standard InChI is InChI=1S/C51H39N3/c1-51(2)46-26-16-15-25-43(46)44-33-34-47-49(50(44)51)45-32-31-42(53(38-21-11-5-12-22-38)39-23-13-6-14-24-39)35-48(45)54(47)41-29-27-40(28-30-41)52(36-17-7-3-8-18-36)37-19-9-4-10-20-37/h3-35H,1-2H3. The van der Waals surface area contributed by atoms with Crippen LogP contribution in [0.5, 0.6) is 0 Å². The minimum Gasteiger partial charge on any atom is -0.311 e. The summed E-state index contributed by atoms with van der Waals surface area (Å²) in [6.07, 6.45) is 0. The van der Waals surface area contributed by atoms with Gasteiger partial charge in [-0.25, -0.2) is 0 Å². The molecule has 1 aliphatic rings. The van der Waals surface area contributed by atoms with Crippen molar-refractivity contribution in [3.05, 3.63) is 211 Å². The van der Waals surface area contributed by atoms with Gasteiger partial charge < -0.3 is 14.4 Å². The van der Waals surface area contributed by atoms with Crippen LogP contribution in [-0.2, 0) is 5.41 Å². The number of aromatic nitrogens is 1. The molecule has 3 heteroatoms. The van der Waals surface area contributed by atoms with Crippen molar-refractivity contribution in [2.75, 3.05) is 9.80 Å². The molecule has 0 spiro atoms. The number of anilines is 6. The molecule has 258 valence electrons. The number of fused-ring (bicyclic) bond motifs is 7. The van der Waals surface area contributed by atoms with Gasteiger partial charge in [-0.15, -0.1) is 0 Å². The first-order valence-corrected chi connectivity index (χ1v) is 18.7. The fraction of sp³-hybridized carbons (Fsp3) is 0.0588. The largest absolute Gasteiger partial charge is 0.311 e. The van der Waals surface area contributed by atoms with Crippen molar-refractivity contribution < 1.29 is 0 Å². The molecule has 54 heavy (non-hydrogen) atoms. The summed E-state index contributed by atoms with van der Waals surface area (Å²) in [5.41, 5.74) is 15.5. The van der Waals surface area contributed by atoms with E-state index < -0.39 is 0 Å². The minimum atomic E-state index is -0.154. The van der Waals surface area contributed by atoms with E-state index in [1.807, 2.05) is 0 Å². The molecule has 0 N–H and O–H groups in total. The van der Waals surface area contributed by atoms with Gasteiger partial charge in [0.2, 0.25) is 0 Å². The lowest BCUT2D eigenvalue weighted by molar-refractivity contribution is 0.666. The molecule has 0 fully saturated rings. The Balaban J connectivity index is 1.22.